The number of nitrogens with two attached hydrogens (primary N) is 1. The Hall–Kier alpha value is -1.20. The van der Waals surface area contributed by atoms with Crippen LogP contribution in [0, 0.1) is 5.41 Å². The van der Waals surface area contributed by atoms with Crippen LogP contribution >= 0.6 is 0 Å². The minimum absolute atomic E-state index is 0.0475. The molecule has 0 aliphatic heterocycles. The molecule has 0 saturated carbocycles. The second kappa shape index (κ2) is 5.42. The molecule has 0 fully saturated rings. The number of aromatic nitrogens is 2. The lowest BCUT2D eigenvalue weighted by Gasteiger charge is -2.33. The van der Waals surface area contributed by atoms with Gasteiger partial charge < -0.3 is 15.2 Å². The molecule has 0 amide bonds. The zero-order valence-corrected chi connectivity index (χ0v) is 11.1. The molecule has 0 bridgehead atoms. The van der Waals surface area contributed by atoms with Gasteiger partial charge in [0.15, 0.2) is 0 Å². The second-order valence-corrected chi connectivity index (χ2v) is 5.05. The number of rotatable bonds is 4. The van der Waals surface area contributed by atoms with Crippen LogP contribution in [-0.2, 0) is 4.74 Å². The van der Waals surface area contributed by atoms with Crippen LogP contribution in [0.3, 0.4) is 0 Å². The van der Waals surface area contributed by atoms with Crippen LogP contribution < -0.4 is 10.5 Å². The highest BCUT2D eigenvalue weighted by molar-refractivity contribution is 5.14. The quantitative estimate of drug-likeness (QED) is 0.863. The van der Waals surface area contributed by atoms with Crippen LogP contribution in [0.25, 0.3) is 0 Å². The molecule has 5 heteroatoms. The summed E-state index contributed by atoms with van der Waals surface area (Å²) < 4.78 is 10.4. The maximum Gasteiger partial charge on any atom is 0.316 e. The van der Waals surface area contributed by atoms with Crippen molar-refractivity contribution in [2.24, 2.45) is 11.1 Å². The monoisotopic (exact) mass is 239 g/mol. The van der Waals surface area contributed by atoms with Crippen LogP contribution in [-0.4, -0.2) is 30.3 Å². The van der Waals surface area contributed by atoms with Crippen molar-refractivity contribution in [3.63, 3.8) is 0 Å². The maximum absolute atomic E-state index is 6.18. The summed E-state index contributed by atoms with van der Waals surface area (Å²) >= 11 is 0. The summed E-state index contributed by atoms with van der Waals surface area (Å²) in [7, 11) is 3.20. The lowest BCUT2D eigenvalue weighted by molar-refractivity contribution is -0.00260. The van der Waals surface area contributed by atoms with Crippen molar-refractivity contribution < 1.29 is 9.47 Å². The average molecular weight is 239 g/mol. The minimum Gasteiger partial charge on any atom is -0.467 e. The van der Waals surface area contributed by atoms with Gasteiger partial charge in [0.1, 0.15) is 0 Å². The van der Waals surface area contributed by atoms with Crippen molar-refractivity contribution >= 4 is 0 Å². The normalized spacial score (nSPS) is 15.4. The molecular weight excluding hydrogens is 218 g/mol. The van der Waals surface area contributed by atoms with E-state index >= 15 is 0 Å². The molecule has 0 aliphatic rings. The molecule has 17 heavy (non-hydrogen) atoms. The van der Waals surface area contributed by atoms with Crippen LogP contribution in [0.4, 0.5) is 0 Å². The molecule has 0 saturated heterocycles. The van der Waals surface area contributed by atoms with Crippen molar-refractivity contribution in [1.82, 2.24) is 9.97 Å². The molecule has 2 unspecified atom stereocenters. The lowest BCUT2D eigenvalue weighted by Crippen LogP contribution is -2.38. The molecule has 0 spiro atoms. The predicted molar refractivity (Wildman–Crippen MR) is 65.8 cm³/mol. The zero-order valence-electron chi connectivity index (χ0n) is 11.1. The molecule has 0 aliphatic carbocycles. The Morgan fingerprint density at radius 1 is 1.18 bits per heavy atom. The largest absolute Gasteiger partial charge is 0.467 e. The first-order valence-electron chi connectivity index (χ1n) is 5.54. The highest BCUT2D eigenvalue weighted by atomic mass is 16.5. The molecule has 1 rings (SSSR count). The van der Waals surface area contributed by atoms with Crippen molar-refractivity contribution in [1.29, 1.82) is 0 Å². The highest BCUT2D eigenvalue weighted by Crippen LogP contribution is 2.30. The molecule has 2 atom stereocenters. The Kier molecular flexibility index (Phi) is 4.42. The summed E-state index contributed by atoms with van der Waals surface area (Å²) in [5.41, 5.74) is 6.97. The summed E-state index contributed by atoms with van der Waals surface area (Å²) in [5, 5.41) is 0. The Labute approximate surface area is 102 Å². The smallest absolute Gasteiger partial charge is 0.316 e. The standard InChI is InChI=1S/C12H21N3O2/c1-12(2,3)10(16-4)9(13)8-6-14-11(17-5)15-7-8/h6-7,9-10H,13H2,1-5H3. The number of ether oxygens (including phenoxy) is 2. The Balaban J connectivity index is 2.90. The molecule has 0 aromatic carbocycles. The van der Waals surface area contributed by atoms with Gasteiger partial charge in [0.25, 0.3) is 0 Å². The van der Waals surface area contributed by atoms with Gasteiger partial charge in [-0.3, -0.25) is 0 Å². The number of nitrogens with zero attached hydrogens (tertiary/aromatic N) is 2. The van der Waals surface area contributed by atoms with Gasteiger partial charge in [0.2, 0.25) is 0 Å². The van der Waals surface area contributed by atoms with Crippen LogP contribution in [0.2, 0.25) is 0 Å². The Morgan fingerprint density at radius 3 is 2.06 bits per heavy atom. The topological polar surface area (TPSA) is 70.3 Å². The van der Waals surface area contributed by atoms with Crippen molar-refractivity contribution in [2.75, 3.05) is 14.2 Å². The van der Waals surface area contributed by atoms with E-state index < -0.39 is 0 Å². The summed E-state index contributed by atoms with van der Waals surface area (Å²) in [5.74, 6) is 0. The third-order valence-corrected chi connectivity index (χ3v) is 2.65. The minimum atomic E-state index is -0.258. The zero-order chi connectivity index (χ0) is 13.1. The van der Waals surface area contributed by atoms with E-state index in [-0.39, 0.29) is 17.6 Å². The predicted octanol–water partition coefficient (Wildman–Crippen LogP) is 1.55. The lowest BCUT2D eigenvalue weighted by atomic mass is 9.83. The van der Waals surface area contributed by atoms with Gasteiger partial charge in [-0.2, -0.15) is 0 Å². The van der Waals surface area contributed by atoms with Crippen molar-refractivity contribution in [2.45, 2.75) is 32.9 Å². The summed E-state index contributed by atoms with van der Waals surface area (Å²) in [6, 6.07) is 0.0802. The van der Waals surface area contributed by atoms with Crippen LogP contribution in [0.15, 0.2) is 12.4 Å². The fraction of sp³-hybridized carbons (Fsp3) is 0.667. The Morgan fingerprint density at radius 2 is 1.71 bits per heavy atom. The first-order valence-corrected chi connectivity index (χ1v) is 5.54. The number of methoxy groups -OCH3 is 2. The van der Waals surface area contributed by atoms with Gasteiger partial charge in [0, 0.05) is 25.1 Å². The SMILES string of the molecule is COc1ncc(C(N)C(OC)C(C)(C)C)cn1. The van der Waals surface area contributed by atoms with E-state index in [2.05, 4.69) is 30.7 Å². The van der Waals surface area contributed by atoms with Gasteiger partial charge >= 0.3 is 6.01 Å². The first-order chi connectivity index (χ1) is 7.90. The molecule has 1 aromatic rings. The summed E-state index contributed by atoms with van der Waals surface area (Å²) in [6.07, 6.45) is 3.25. The molecule has 0 radical (unpaired) electrons. The van der Waals surface area contributed by atoms with Gasteiger partial charge in [-0.05, 0) is 5.41 Å². The molecule has 2 N–H and O–H groups in total. The van der Waals surface area contributed by atoms with E-state index in [1.54, 1.807) is 19.5 Å². The third-order valence-electron chi connectivity index (χ3n) is 2.65. The third kappa shape index (κ3) is 3.38. The summed E-state index contributed by atoms with van der Waals surface area (Å²) in [6.45, 7) is 6.27. The van der Waals surface area contributed by atoms with E-state index in [1.165, 1.54) is 7.11 Å². The fourth-order valence-corrected chi connectivity index (χ4v) is 1.82. The Bertz CT molecular complexity index is 346. The molecule has 1 aromatic heterocycles. The van der Waals surface area contributed by atoms with E-state index in [4.69, 9.17) is 15.2 Å². The highest BCUT2D eigenvalue weighted by Gasteiger charge is 2.31. The molecule has 5 nitrogen and oxygen atoms in total. The molecule has 1 heterocycles. The van der Waals surface area contributed by atoms with E-state index in [0.717, 1.165) is 5.56 Å². The molecule has 96 valence electrons. The van der Waals surface area contributed by atoms with Crippen molar-refractivity contribution in [3.05, 3.63) is 18.0 Å². The number of hydrogen-bond donors (Lipinski definition) is 1. The summed E-state index contributed by atoms with van der Waals surface area (Å²) in [4.78, 5) is 8.10. The average Bonchev–Trinajstić information content (AvgIpc) is 2.28. The fourth-order valence-electron chi connectivity index (χ4n) is 1.82. The van der Waals surface area contributed by atoms with E-state index in [0.29, 0.717) is 6.01 Å². The number of hydrogen-bond acceptors (Lipinski definition) is 5. The first kappa shape index (κ1) is 13.9. The maximum atomic E-state index is 6.18. The van der Waals surface area contributed by atoms with Gasteiger partial charge in [-0.25, -0.2) is 9.97 Å². The second-order valence-electron chi connectivity index (χ2n) is 5.05. The van der Waals surface area contributed by atoms with Crippen LogP contribution in [0.1, 0.15) is 32.4 Å². The van der Waals surface area contributed by atoms with E-state index in [1.807, 2.05) is 0 Å². The van der Waals surface area contributed by atoms with Gasteiger partial charge in [0.05, 0.1) is 19.3 Å². The molecular formula is C12H21N3O2. The van der Waals surface area contributed by atoms with Crippen molar-refractivity contribution in [3.8, 4) is 6.01 Å². The van der Waals surface area contributed by atoms with Gasteiger partial charge in [-0.1, -0.05) is 20.8 Å². The van der Waals surface area contributed by atoms with E-state index in [9.17, 15) is 0 Å². The van der Waals surface area contributed by atoms with Gasteiger partial charge in [-0.15, -0.1) is 0 Å². The van der Waals surface area contributed by atoms with Crippen LogP contribution in [0.5, 0.6) is 6.01 Å².